The van der Waals surface area contributed by atoms with Crippen molar-refractivity contribution in [3.05, 3.63) is 176 Å². The van der Waals surface area contributed by atoms with E-state index in [0.29, 0.717) is 0 Å². The minimum Gasteiger partial charge on any atom is -0.265 e. The molecule has 0 fully saturated rings. The first kappa shape index (κ1) is 29.3. The molecule has 5 aromatic heterocycles. The van der Waals surface area contributed by atoms with Gasteiger partial charge in [-0.15, -0.1) is 0 Å². The second-order valence-electron chi connectivity index (χ2n) is 12.2. The quantitative estimate of drug-likeness (QED) is 0.169. The first-order valence-corrected chi connectivity index (χ1v) is 16.6. The third-order valence-corrected chi connectivity index (χ3v) is 9.09. The molecule has 5 heteroatoms. The summed E-state index contributed by atoms with van der Waals surface area (Å²) in [5.41, 5.74) is 12.9. The average Bonchev–Trinajstić information content (AvgIpc) is 3.21. The first-order valence-electron chi connectivity index (χ1n) is 16.6. The smallest absolute Gasteiger partial charge is 0.0900 e. The van der Waals surface area contributed by atoms with Crippen molar-refractivity contribution >= 4 is 21.7 Å². The number of rotatable bonds is 6. The van der Waals surface area contributed by atoms with E-state index in [1.54, 1.807) is 12.4 Å². The molecule has 5 nitrogen and oxygen atoms in total. The van der Waals surface area contributed by atoms with Crippen LogP contribution in [0, 0.1) is 0 Å². The number of fused-ring (bicyclic) bond motifs is 3. The van der Waals surface area contributed by atoms with Gasteiger partial charge in [0, 0.05) is 46.5 Å². The molecule has 0 saturated heterocycles. The van der Waals surface area contributed by atoms with E-state index in [1.165, 1.54) is 16.5 Å². The highest BCUT2D eigenvalue weighted by Gasteiger charge is 2.16. The molecule has 0 aliphatic heterocycles. The summed E-state index contributed by atoms with van der Waals surface area (Å²) in [6, 6.07) is 52.4. The van der Waals surface area contributed by atoms with Crippen molar-refractivity contribution in [2.45, 2.75) is 0 Å². The summed E-state index contributed by atoms with van der Waals surface area (Å²) in [4.78, 5) is 23.6. The third kappa shape index (κ3) is 5.47. The molecular formula is C45H29N5. The minimum atomic E-state index is 0.806. The van der Waals surface area contributed by atoms with Crippen LogP contribution >= 0.6 is 0 Å². The van der Waals surface area contributed by atoms with Crippen molar-refractivity contribution in [2.75, 3.05) is 0 Å². The number of benzene rings is 4. The van der Waals surface area contributed by atoms with E-state index in [-0.39, 0.29) is 0 Å². The highest BCUT2D eigenvalue weighted by atomic mass is 14.8. The van der Waals surface area contributed by atoms with Crippen molar-refractivity contribution in [2.24, 2.45) is 0 Å². The highest BCUT2D eigenvalue weighted by Crippen LogP contribution is 2.40. The SMILES string of the molecule is c1ccc(-c2cccc3c(-c4ccncc4)nc4cc(-c5ccc(-c6cc(-c7ccccn7)nc(-c7ccccn7)c6)cc5)ccc4c23)cc1. The van der Waals surface area contributed by atoms with Crippen LogP contribution in [0.25, 0.3) is 89.1 Å². The van der Waals surface area contributed by atoms with Crippen LogP contribution in [0.15, 0.2) is 176 Å². The molecule has 0 bridgehead atoms. The van der Waals surface area contributed by atoms with Gasteiger partial charge in [0.05, 0.1) is 34.0 Å². The molecule has 0 amide bonds. The van der Waals surface area contributed by atoms with Crippen LogP contribution in [-0.4, -0.2) is 24.9 Å². The van der Waals surface area contributed by atoms with Gasteiger partial charge in [-0.3, -0.25) is 15.0 Å². The molecule has 0 radical (unpaired) electrons. The second-order valence-corrected chi connectivity index (χ2v) is 12.2. The molecule has 0 atom stereocenters. The molecule has 5 heterocycles. The van der Waals surface area contributed by atoms with Crippen LogP contribution < -0.4 is 0 Å². The fourth-order valence-electron chi connectivity index (χ4n) is 6.67. The lowest BCUT2D eigenvalue weighted by Crippen LogP contribution is -1.94. The summed E-state index contributed by atoms with van der Waals surface area (Å²) in [5.74, 6) is 0. The van der Waals surface area contributed by atoms with Crippen molar-refractivity contribution < 1.29 is 0 Å². The van der Waals surface area contributed by atoms with Gasteiger partial charge < -0.3 is 0 Å². The minimum absolute atomic E-state index is 0.806. The Morgan fingerprint density at radius 3 is 1.64 bits per heavy atom. The van der Waals surface area contributed by atoms with Gasteiger partial charge in [-0.05, 0) is 88.0 Å². The van der Waals surface area contributed by atoms with Crippen molar-refractivity contribution in [3.63, 3.8) is 0 Å². The maximum Gasteiger partial charge on any atom is 0.0900 e. The van der Waals surface area contributed by atoms with Gasteiger partial charge in [0.1, 0.15) is 0 Å². The predicted octanol–water partition coefficient (Wildman–Crippen LogP) is 11.0. The van der Waals surface area contributed by atoms with Gasteiger partial charge in [-0.2, -0.15) is 0 Å². The van der Waals surface area contributed by atoms with Crippen LogP contribution in [0.3, 0.4) is 0 Å². The zero-order valence-electron chi connectivity index (χ0n) is 27.0. The molecule has 9 aromatic rings. The fourth-order valence-corrected chi connectivity index (χ4v) is 6.67. The Balaban J connectivity index is 1.16. The topological polar surface area (TPSA) is 64.5 Å². The van der Waals surface area contributed by atoms with Crippen LogP contribution in [0.1, 0.15) is 0 Å². The molecular weight excluding hydrogens is 611 g/mol. The lowest BCUT2D eigenvalue weighted by atomic mass is 9.92. The van der Waals surface area contributed by atoms with Crippen LogP contribution in [-0.2, 0) is 0 Å². The lowest BCUT2D eigenvalue weighted by Gasteiger charge is -2.15. The highest BCUT2D eigenvalue weighted by molar-refractivity contribution is 6.17. The van der Waals surface area contributed by atoms with E-state index >= 15 is 0 Å². The van der Waals surface area contributed by atoms with Crippen molar-refractivity contribution in [1.29, 1.82) is 0 Å². The van der Waals surface area contributed by atoms with Crippen LogP contribution in [0.5, 0.6) is 0 Å². The monoisotopic (exact) mass is 639 g/mol. The Morgan fingerprint density at radius 2 is 0.980 bits per heavy atom. The first-order chi connectivity index (χ1) is 24.8. The molecule has 0 N–H and O–H groups in total. The largest absolute Gasteiger partial charge is 0.265 e. The third-order valence-electron chi connectivity index (χ3n) is 9.09. The summed E-state index contributed by atoms with van der Waals surface area (Å²) in [6.07, 6.45) is 7.24. The van der Waals surface area contributed by atoms with E-state index in [4.69, 9.17) is 9.97 Å². The number of hydrogen-bond donors (Lipinski definition) is 0. The molecule has 234 valence electrons. The Hall–Kier alpha value is -6.85. The van der Waals surface area contributed by atoms with E-state index in [2.05, 4.69) is 118 Å². The molecule has 0 aliphatic rings. The van der Waals surface area contributed by atoms with Crippen LogP contribution in [0.2, 0.25) is 0 Å². The average molecular weight is 640 g/mol. The number of hydrogen-bond acceptors (Lipinski definition) is 5. The van der Waals surface area contributed by atoms with E-state index in [0.717, 1.165) is 72.6 Å². The van der Waals surface area contributed by atoms with Crippen LogP contribution in [0.4, 0.5) is 0 Å². The Labute approximate surface area is 289 Å². The number of aromatic nitrogens is 5. The van der Waals surface area contributed by atoms with Gasteiger partial charge in [0.25, 0.3) is 0 Å². The summed E-state index contributed by atoms with van der Waals surface area (Å²) in [5, 5.41) is 3.44. The fraction of sp³-hybridized carbons (Fsp3) is 0. The maximum absolute atomic E-state index is 5.29. The Morgan fingerprint density at radius 1 is 0.340 bits per heavy atom. The number of pyridine rings is 5. The predicted molar refractivity (Wildman–Crippen MR) is 203 cm³/mol. The second kappa shape index (κ2) is 12.6. The van der Waals surface area contributed by atoms with Gasteiger partial charge in [0.2, 0.25) is 0 Å². The van der Waals surface area contributed by atoms with Crippen molar-refractivity contribution in [1.82, 2.24) is 24.9 Å². The Bertz CT molecular complexity index is 2550. The van der Waals surface area contributed by atoms with E-state index in [9.17, 15) is 0 Å². The van der Waals surface area contributed by atoms with Gasteiger partial charge in [-0.1, -0.05) is 97.1 Å². The summed E-state index contributed by atoms with van der Waals surface area (Å²) < 4.78 is 0. The zero-order chi connectivity index (χ0) is 33.3. The van der Waals surface area contributed by atoms with E-state index in [1.807, 2.05) is 60.9 Å². The molecule has 0 spiro atoms. The van der Waals surface area contributed by atoms with Gasteiger partial charge in [0.15, 0.2) is 0 Å². The normalized spacial score (nSPS) is 11.2. The number of nitrogens with zero attached hydrogens (tertiary/aromatic N) is 5. The zero-order valence-corrected chi connectivity index (χ0v) is 27.0. The molecule has 50 heavy (non-hydrogen) atoms. The lowest BCUT2D eigenvalue weighted by molar-refractivity contribution is 1.22. The molecule has 9 rings (SSSR count). The summed E-state index contributed by atoms with van der Waals surface area (Å²) in [6.45, 7) is 0. The van der Waals surface area contributed by atoms with E-state index < -0.39 is 0 Å². The molecule has 4 aromatic carbocycles. The van der Waals surface area contributed by atoms with Gasteiger partial charge >= 0.3 is 0 Å². The molecule has 0 aliphatic carbocycles. The summed E-state index contributed by atoms with van der Waals surface area (Å²) >= 11 is 0. The molecule has 0 saturated carbocycles. The standard InChI is InChI=1S/C45H29N5/c1-2-9-32(10-3-1)36-11-8-12-38-44(36)37-20-19-34(27-41(37)50-45(38)33-21-25-46-26-22-33)30-15-17-31(18-16-30)35-28-42(39-13-4-6-23-47-39)49-43(29-35)40-14-5-7-24-48-40/h1-29H. The van der Waals surface area contributed by atoms with Crippen molar-refractivity contribution in [3.8, 4) is 67.4 Å². The molecule has 0 unspecified atom stereocenters. The Kier molecular flexibility index (Phi) is 7.41. The maximum atomic E-state index is 5.29. The summed E-state index contributed by atoms with van der Waals surface area (Å²) in [7, 11) is 0. The van der Waals surface area contributed by atoms with Gasteiger partial charge in [-0.25, -0.2) is 9.97 Å².